The SMILES string of the molecule is Fc1cccc(F)c1C1=NCc2nncn2-c2ccc(I)c(Cl)c21. The van der Waals surface area contributed by atoms with Gasteiger partial charge in [0.25, 0.3) is 0 Å². The van der Waals surface area contributed by atoms with Crippen LogP contribution in [0.1, 0.15) is 17.0 Å². The van der Waals surface area contributed by atoms with E-state index < -0.39 is 11.6 Å². The summed E-state index contributed by atoms with van der Waals surface area (Å²) in [5.74, 6) is -0.806. The van der Waals surface area contributed by atoms with Gasteiger partial charge in [-0.2, -0.15) is 0 Å². The van der Waals surface area contributed by atoms with Crippen LogP contribution < -0.4 is 0 Å². The molecule has 0 unspecified atom stereocenters. The zero-order valence-corrected chi connectivity index (χ0v) is 14.9. The highest BCUT2D eigenvalue weighted by atomic mass is 127. The van der Waals surface area contributed by atoms with Crippen molar-refractivity contribution in [3.63, 3.8) is 0 Å². The van der Waals surface area contributed by atoms with E-state index in [1.165, 1.54) is 24.5 Å². The maximum absolute atomic E-state index is 14.3. The first-order valence-corrected chi connectivity index (χ1v) is 8.40. The van der Waals surface area contributed by atoms with Crippen LogP contribution in [0.3, 0.4) is 0 Å². The van der Waals surface area contributed by atoms with E-state index in [4.69, 9.17) is 11.6 Å². The Morgan fingerprint density at radius 3 is 2.58 bits per heavy atom. The minimum atomic E-state index is -0.688. The molecule has 24 heavy (non-hydrogen) atoms. The van der Waals surface area contributed by atoms with Crippen LogP contribution in [0.2, 0.25) is 5.02 Å². The number of aromatic nitrogens is 3. The number of aliphatic imine (C=N–C) groups is 1. The van der Waals surface area contributed by atoms with E-state index in [9.17, 15) is 8.78 Å². The predicted molar refractivity (Wildman–Crippen MR) is 94.8 cm³/mol. The van der Waals surface area contributed by atoms with E-state index in [1.54, 1.807) is 4.57 Å². The fraction of sp³-hybridized carbons (Fsp3) is 0.0625. The van der Waals surface area contributed by atoms with Gasteiger partial charge >= 0.3 is 0 Å². The Morgan fingerprint density at radius 1 is 1.08 bits per heavy atom. The van der Waals surface area contributed by atoms with Gasteiger partial charge < -0.3 is 0 Å². The molecular formula is C16H8ClF2IN4. The van der Waals surface area contributed by atoms with Gasteiger partial charge in [0.15, 0.2) is 5.82 Å². The number of hydrogen-bond donors (Lipinski definition) is 0. The van der Waals surface area contributed by atoms with Crippen molar-refractivity contribution in [2.24, 2.45) is 4.99 Å². The molecule has 4 nitrogen and oxygen atoms in total. The Balaban J connectivity index is 2.09. The fourth-order valence-corrected chi connectivity index (χ4v) is 3.39. The molecular weight excluding hydrogens is 449 g/mol. The molecule has 0 amide bonds. The van der Waals surface area contributed by atoms with Crippen molar-refractivity contribution >= 4 is 39.9 Å². The second-order valence-electron chi connectivity index (χ2n) is 5.13. The molecule has 0 saturated heterocycles. The van der Waals surface area contributed by atoms with Crippen LogP contribution in [0.25, 0.3) is 5.69 Å². The van der Waals surface area contributed by atoms with Crippen LogP contribution in [-0.4, -0.2) is 20.5 Å². The van der Waals surface area contributed by atoms with Crippen LogP contribution >= 0.6 is 34.2 Å². The van der Waals surface area contributed by atoms with Gasteiger partial charge in [-0.05, 0) is 46.9 Å². The molecule has 4 rings (SSSR count). The molecule has 2 heterocycles. The van der Waals surface area contributed by atoms with Crippen molar-refractivity contribution in [2.45, 2.75) is 6.54 Å². The quantitative estimate of drug-likeness (QED) is 0.516. The number of rotatable bonds is 1. The smallest absolute Gasteiger partial charge is 0.159 e. The lowest BCUT2D eigenvalue weighted by Crippen LogP contribution is -2.12. The summed E-state index contributed by atoms with van der Waals surface area (Å²) in [6, 6.07) is 7.36. The minimum absolute atomic E-state index is 0.144. The van der Waals surface area contributed by atoms with Gasteiger partial charge in [0.1, 0.15) is 24.5 Å². The van der Waals surface area contributed by atoms with Gasteiger partial charge in [0.2, 0.25) is 0 Å². The summed E-state index contributed by atoms with van der Waals surface area (Å²) >= 11 is 8.55. The number of halogens is 4. The van der Waals surface area contributed by atoms with Crippen LogP contribution in [0, 0.1) is 15.2 Å². The molecule has 120 valence electrons. The number of nitrogens with zero attached hydrogens (tertiary/aromatic N) is 4. The zero-order chi connectivity index (χ0) is 16.8. The molecule has 3 aromatic rings. The Morgan fingerprint density at radius 2 is 1.83 bits per heavy atom. The highest BCUT2D eigenvalue weighted by molar-refractivity contribution is 14.1. The van der Waals surface area contributed by atoms with Crippen molar-refractivity contribution in [3.8, 4) is 5.69 Å². The Hall–Kier alpha value is -1.87. The Kier molecular flexibility index (Phi) is 3.84. The molecule has 0 atom stereocenters. The van der Waals surface area contributed by atoms with Crippen LogP contribution in [0.4, 0.5) is 8.78 Å². The zero-order valence-electron chi connectivity index (χ0n) is 12.0. The van der Waals surface area contributed by atoms with Gasteiger partial charge in [0.05, 0.1) is 22.0 Å². The molecule has 0 spiro atoms. The van der Waals surface area contributed by atoms with Crippen molar-refractivity contribution in [3.05, 3.63) is 73.8 Å². The molecule has 0 radical (unpaired) electrons. The lowest BCUT2D eigenvalue weighted by atomic mass is 9.99. The molecule has 0 aliphatic carbocycles. The van der Waals surface area contributed by atoms with E-state index in [-0.39, 0.29) is 17.8 Å². The highest BCUT2D eigenvalue weighted by Gasteiger charge is 2.27. The van der Waals surface area contributed by atoms with Crippen molar-refractivity contribution in [2.75, 3.05) is 0 Å². The molecule has 1 aliphatic heterocycles. The van der Waals surface area contributed by atoms with Crippen LogP contribution in [0.15, 0.2) is 41.7 Å². The van der Waals surface area contributed by atoms with E-state index in [0.717, 1.165) is 3.57 Å². The normalized spacial score (nSPS) is 13.1. The maximum atomic E-state index is 14.3. The molecule has 1 aromatic heterocycles. The molecule has 0 N–H and O–H groups in total. The second-order valence-corrected chi connectivity index (χ2v) is 6.67. The Labute approximate surface area is 154 Å². The van der Waals surface area contributed by atoms with Gasteiger partial charge in [-0.25, -0.2) is 8.78 Å². The average molecular weight is 457 g/mol. The third-order valence-corrected chi connectivity index (χ3v) is 5.38. The standard InChI is InChI=1S/C16H8ClF2IN4/c17-15-10(20)4-5-11-14(15)16(13-8(18)2-1-3-9(13)19)21-6-12-23-22-7-24(11)12/h1-5,7H,6H2. The third kappa shape index (κ3) is 2.34. The van der Waals surface area contributed by atoms with Gasteiger partial charge in [0, 0.05) is 9.13 Å². The first kappa shape index (κ1) is 15.6. The summed E-state index contributed by atoms with van der Waals surface area (Å²) in [5, 5.41) is 8.28. The lowest BCUT2D eigenvalue weighted by Gasteiger charge is -2.15. The van der Waals surface area contributed by atoms with Gasteiger partial charge in [-0.1, -0.05) is 17.7 Å². The molecule has 0 bridgehead atoms. The molecule has 1 aliphatic rings. The molecule has 8 heteroatoms. The minimum Gasteiger partial charge on any atom is -0.283 e. The van der Waals surface area contributed by atoms with Gasteiger partial charge in [-0.15, -0.1) is 10.2 Å². The summed E-state index contributed by atoms with van der Waals surface area (Å²) in [6.45, 7) is 0.144. The first-order chi connectivity index (χ1) is 11.6. The summed E-state index contributed by atoms with van der Waals surface area (Å²) < 4.78 is 31.2. The summed E-state index contributed by atoms with van der Waals surface area (Å²) in [4.78, 5) is 4.40. The summed E-state index contributed by atoms with van der Waals surface area (Å²) in [6.07, 6.45) is 1.54. The van der Waals surface area contributed by atoms with E-state index in [2.05, 4.69) is 37.8 Å². The van der Waals surface area contributed by atoms with E-state index in [1.807, 2.05) is 12.1 Å². The molecule has 0 saturated carbocycles. The van der Waals surface area contributed by atoms with Crippen molar-refractivity contribution in [1.82, 2.24) is 14.8 Å². The maximum Gasteiger partial charge on any atom is 0.159 e. The number of fused-ring (bicyclic) bond motifs is 3. The van der Waals surface area contributed by atoms with Crippen LogP contribution in [-0.2, 0) is 6.54 Å². The predicted octanol–water partition coefficient (Wildman–Crippen LogP) is 4.15. The molecule has 2 aromatic carbocycles. The first-order valence-electron chi connectivity index (χ1n) is 6.94. The lowest BCUT2D eigenvalue weighted by molar-refractivity contribution is 0.579. The molecule has 0 fully saturated rings. The summed E-state index contributed by atoms with van der Waals surface area (Å²) in [7, 11) is 0. The Bertz CT molecular complexity index is 979. The fourth-order valence-electron chi connectivity index (χ4n) is 2.69. The average Bonchev–Trinajstić information content (AvgIpc) is 2.96. The summed E-state index contributed by atoms with van der Waals surface area (Å²) in [5.41, 5.74) is 1.08. The van der Waals surface area contributed by atoms with Gasteiger partial charge in [-0.3, -0.25) is 9.56 Å². The van der Waals surface area contributed by atoms with Crippen LogP contribution in [0.5, 0.6) is 0 Å². The van der Waals surface area contributed by atoms with Crippen molar-refractivity contribution in [1.29, 1.82) is 0 Å². The largest absolute Gasteiger partial charge is 0.283 e. The van der Waals surface area contributed by atoms with Crippen molar-refractivity contribution < 1.29 is 8.78 Å². The monoisotopic (exact) mass is 456 g/mol. The van der Waals surface area contributed by atoms with E-state index >= 15 is 0 Å². The number of hydrogen-bond acceptors (Lipinski definition) is 3. The topological polar surface area (TPSA) is 43.1 Å². The number of benzene rings is 2. The highest BCUT2D eigenvalue weighted by Crippen LogP contribution is 2.34. The van der Waals surface area contributed by atoms with E-state index in [0.29, 0.717) is 22.1 Å². The third-order valence-electron chi connectivity index (χ3n) is 3.77. The second kappa shape index (κ2) is 5.89.